The van der Waals surface area contributed by atoms with Crippen LogP contribution in [0.15, 0.2) is 108 Å². The molecule has 0 aliphatic rings. The number of hydrogen-bond donors (Lipinski definition) is 3. The molecule has 0 fully saturated rings. The lowest BCUT2D eigenvalue weighted by molar-refractivity contribution is -0.115. The van der Waals surface area contributed by atoms with E-state index in [0.29, 0.717) is 34.0 Å². The molecule has 4 aromatic rings. The Morgan fingerprint density at radius 1 is 0.814 bits per heavy atom. The first-order valence-electron chi connectivity index (χ1n) is 13.2. The van der Waals surface area contributed by atoms with E-state index in [1.54, 1.807) is 73.7 Å². The molecular weight excluding hydrogens is 569 g/mol. The van der Waals surface area contributed by atoms with Crippen LogP contribution in [-0.4, -0.2) is 37.2 Å². The first kappa shape index (κ1) is 30.9. The molecule has 0 aliphatic carbocycles. The van der Waals surface area contributed by atoms with Crippen molar-refractivity contribution in [1.29, 1.82) is 0 Å². The van der Waals surface area contributed by atoms with E-state index in [9.17, 15) is 18.8 Å². The predicted molar refractivity (Wildman–Crippen MR) is 167 cm³/mol. The molecule has 220 valence electrons. The highest BCUT2D eigenvalue weighted by Crippen LogP contribution is 2.32. The molecule has 4 aromatic carbocycles. The molecule has 3 amide bonds. The van der Waals surface area contributed by atoms with Crippen LogP contribution in [0.3, 0.4) is 0 Å². The van der Waals surface area contributed by atoms with Crippen molar-refractivity contribution in [1.82, 2.24) is 5.32 Å². The molecule has 3 N–H and O–H groups in total. The number of hydrogen-bond acceptors (Lipinski definition) is 6. The molecule has 4 rings (SSSR count). The average molecular weight is 600 g/mol. The maximum absolute atomic E-state index is 13.5. The molecule has 43 heavy (non-hydrogen) atoms. The first-order valence-corrected chi connectivity index (χ1v) is 14.1. The summed E-state index contributed by atoms with van der Waals surface area (Å²) < 4.78 is 24.1. The summed E-state index contributed by atoms with van der Waals surface area (Å²) in [4.78, 5) is 40.0. The van der Waals surface area contributed by atoms with Gasteiger partial charge in [0.25, 0.3) is 11.8 Å². The number of para-hydroxylation sites is 1. The van der Waals surface area contributed by atoms with Gasteiger partial charge in [0, 0.05) is 27.4 Å². The lowest BCUT2D eigenvalue weighted by atomic mass is 10.1. The van der Waals surface area contributed by atoms with E-state index in [1.807, 2.05) is 6.07 Å². The van der Waals surface area contributed by atoms with Crippen molar-refractivity contribution in [3.8, 4) is 11.5 Å². The van der Waals surface area contributed by atoms with Crippen molar-refractivity contribution in [3.05, 3.63) is 120 Å². The smallest absolute Gasteiger partial charge is 0.272 e. The number of thioether (sulfide) groups is 1. The number of benzene rings is 4. The van der Waals surface area contributed by atoms with Crippen molar-refractivity contribution in [2.75, 3.05) is 24.9 Å². The van der Waals surface area contributed by atoms with E-state index < -0.39 is 17.1 Å². The zero-order chi connectivity index (χ0) is 30.8. The van der Waals surface area contributed by atoms with Gasteiger partial charge in [-0.05, 0) is 73.7 Å². The summed E-state index contributed by atoms with van der Waals surface area (Å²) in [6, 6.07) is 26.3. The Hall–Kier alpha value is -5.09. The number of halogens is 1. The zero-order valence-corrected chi connectivity index (χ0v) is 24.5. The minimum Gasteiger partial charge on any atom is -0.493 e. The first-order chi connectivity index (χ1) is 20.8. The van der Waals surface area contributed by atoms with Crippen molar-refractivity contribution in [2.24, 2.45) is 0 Å². The number of carbonyl (C=O) groups excluding carboxylic acids is 3. The zero-order valence-electron chi connectivity index (χ0n) is 23.7. The van der Waals surface area contributed by atoms with Crippen LogP contribution in [0.5, 0.6) is 11.5 Å². The van der Waals surface area contributed by atoms with E-state index in [0.717, 1.165) is 4.90 Å². The van der Waals surface area contributed by atoms with Crippen LogP contribution >= 0.6 is 11.8 Å². The number of nitrogens with one attached hydrogen (secondary N) is 3. The largest absolute Gasteiger partial charge is 0.493 e. The van der Waals surface area contributed by atoms with Crippen molar-refractivity contribution < 1.29 is 28.2 Å². The van der Waals surface area contributed by atoms with Gasteiger partial charge in [-0.3, -0.25) is 14.4 Å². The number of methoxy groups -OCH3 is 2. The summed E-state index contributed by atoms with van der Waals surface area (Å²) >= 11 is 1.29. The monoisotopic (exact) mass is 599 g/mol. The Kier molecular flexibility index (Phi) is 10.5. The normalized spacial score (nSPS) is 11.7. The van der Waals surface area contributed by atoms with E-state index >= 15 is 0 Å². The summed E-state index contributed by atoms with van der Waals surface area (Å²) in [5.74, 6) is -0.817. The molecule has 1 atom stereocenters. The fourth-order valence-electron chi connectivity index (χ4n) is 4.00. The van der Waals surface area contributed by atoms with E-state index in [4.69, 9.17) is 9.47 Å². The summed E-state index contributed by atoms with van der Waals surface area (Å²) in [7, 11) is 3.00. The molecular formula is C33H30FN3O5S. The topological polar surface area (TPSA) is 106 Å². The molecule has 8 nitrogen and oxygen atoms in total. The van der Waals surface area contributed by atoms with Gasteiger partial charge in [0.15, 0.2) is 11.5 Å². The van der Waals surface area contributed by atoms with Gasteiger partial charge in [0.2, 0.25) is 5.91 Å². The highest BCUT2D eigenvalue weighted by atomic mass is 32.2. The summed E-state index contributed by atoms with van der Waals surface area (Å²) in [6.07, 6.45) is 1.51. The predicted octanol–water partition coefficient (Wildman–Crippen LogP) is 6.37. The van der Waals surface area contributed by atoms with E-state index in [1.165, 1.54) is 56.3 Å². The lowest BCUT2D eigenvalue weighted by Gasteiger charge is -2.15. The fraction of sp³-hybridized carbons (Fsp3) is 0.121. The number of anilines is 2. The van der Waals surface area contributed by atoms with Crippen molar-refractivity contribution in [3.63, 3.8) is 0 Å². The molecule has 0 bridgehead atoms. The molecule has 0 saturated carbocycles. The molecule has 0 heterocycles. The van der Waals surface area contributed by atoms with Gasteiger partial charge < -0.3 is 25.4 Å². The van der Waals surface area contributed by atoms with Crippen molar-refractivity contribution >= 4 is 46.9 Å². The highest BCUT2D eigenvalue weighted by Gasteiger charge is 2.19. The number of rotatable bonds is 11. The van der Waals surface area contributed by atoms with Crippen LogP contribution in [0.4, 0.5) is 15.8 Å². The Morgan fingerprint density at radius 3 is 2.23 bits per heavy atom. The van der Waals surface area contributed by atoms with Gasteiger partial charge in [-0.1, -0.05) is 36.4 Å². The Morgan fingerprint density at radius 2 is 1.53 bits per heavy atom. The minimum atomic E-state index is -0.571. The maximum atomic E-state index is 13.5. The van der Waals surface area contributed by atoms with Gasteiger partial charge in [-0.25, -0.2) is 4.39 Å². The maximum Gasteiger partial charge on any atom is 0.272 e. The summed E-state index contributed by atoms with van der Waals surface area (Å²) in [6.45, 7) is 1.75. The Balaban J connectivity index is 1.54. The molecule has 0 aliphatic heterocycles. The molecule has 1 unspecified atom stereocenters. The lowest BCUT2D eigenvalue weighted by Crippen LogP contribution is -2.30. The second-order valence-corrected chi connectivity index (χ2v) is 10.6. The van der Waals surface area contributed by atoms with Crippen LogP contribution in [0.1, 0.15) is 22.8 Å². The van der Waals surface area contributed by atoms with Crippen LogP contribution < -0.4 is 25.4 Å². The standard InChI is InChI=1S/C33H30FN3O5S/c1-21(31(38)35-25-17-15-24(34)16-18-25)43-27-13-8-12-26(20-27)36-33(40)28(37-32(39)22-9-5-4-6-10-22)19-23-11-7-14-29(41-2)30(23)42-3/h4-21H,1-3H3,(H,35,38)(H,36,40)(H,37,39)/b28-19+. The van der Waals surface area contributed by atoms with Crippen LogP contribution in [0.25, 0.3) is 6.08 Å². The van der Waals surface area contributed by atoms with E-state index in [2.05, 4.69) is 16.0 Å². The molecule has 0 aromatic heterocycles. The fourth-order valence-corrected chi connectivity index (χ4v) is 4.93. The number of ether oxygens (including phenoxy) is 2. The summed E-state index contributed by atoms with van der Waals surface area (Å²) in [5, 5.41) is 7.81. The SMILES string of the molecule is COc1cccc(/C=C(/NC(=O)c2ccccc2)C(=O)Nc2cccc(SC(C)C(=O)Nc3ccc(F)cc3)c2)c1OC. The molecule has 0 radical (unpaired) electrons. The Bertz CT molecular complexity index is 1630. The second kappa shape index (κ2) is 14.7. The third-order valence-corrected chi connectivity index (χ3v) is 7.24. The Labute approximate surface area is 253 Å². The van der Waals surface area contributed by atoms with Gasteiger partial charge in [0.05, 0.1) is 19.5 Å². The molecule has 10 heteroatoms. The number of carbonyl (C=O) groups is 3. The highest BCUT2D eigenvalue weighted by molar-refractivity contribution is 8.00. The van der Waals surface area contributed by atoms with Crippen LogP contribution in [-0.2, 0) is 9.59 Å². The van der Waals surface area contributed by atoms with Gasteiger partial charge >= 0.3 is 0 Å². The molecule has 0 saturated heterocycles. The van der Waals surface area contributed by atoms with Gasteiger partial charge in [0.1, 0.15) is 11.5 Å². The van der Waals surface area contributed by atoms with Crippen LogP contribution in [0, 0.1) is 5.82 Å². The number of amides is 3. The summed E-state index contributed by atoms with van der Waals surface area (Å²) in [5.41, 5.74) is 1.82. The van der Waals surface area contributed by atoms with Gasteiger partial charge in [-0.15, -0.1) is 11.8 Å². The third-order valence-electron chi connectivity index (χ3n) is 6.15. The third kappa shape index (κ3) is 8.46. The van der Waals surface area contributed by atoms with Crippen molar-refractivity contribution in [2.45, 2.75) is 17.1 Å². The minimum absolute atomic E-state index is 0.0227. The quantitative estimate of drug-likeness (QED) is 0.137. The van der Waals surface area contributed by atoms with E-state index in [-0.39, 0.29) is 17.4 Å². The van der Waals surface area contributed by atoms with Gasteiger partial charge in [-0.2, -0.15) is 0 Å². The average Bonchev–Trinajstić information content (AvgIpc) is 3.02. The molecule has 0 spiro atoms. The second-order valence-electron chi connectivity index (χ2n) is 9.20. The van der Waals surface area contributed by atoms with Crippen LogP contribution in [0.2, 0.25) is 0 Å².